The van der Waals surface area contributed by atoms with Crippen molar-refractivity contribution in [3.63, 3.8) is 0 Å². The summed E-state index contributed by atoms with van der Waals surface area (Å²) in [6.45, 7) is 2.09. The maximum Gasteiger partial charge on any atom is 0.321 e. The molecule has 0 spiro atoms. The molecule has 7 nitrogen and oxygen atoms in total. The van der Waals surface area contributed by atoms with Crippen molar-refractivity contribution >= 4 is 21.8 Å². The number of aryl methyl sites for hydroxylation is 1. The average molecular weight is 273 g/mol. The number of hydrogen-bond donors (Lipinski definition) is 2. The molecule has 1 aliphatic heterocycles. The van der Waals surface area contributed by atoms with E-state index < -0.39 is 15.9 Å². The summed E-state index contributed by atoms with van der Waals surface area (Å²) in [5, 5.41) is 8.73. The molecule has 2 amide bonds. The third-order valence-electron chi connectivity index (χ3n) is 2.74. The molecule has 100 valence electrons. The van der Waals surface area contributed by atoms with Crippen molar-refractivity contribution < 1.29 is 17.7 Å². The summed E-state index contributed by atoms with van der Waals surface area (Å²) in [6.07, 6.45) is 0.601. The summed E-state index contributed by atoms with van der Waals surface area (Å²) in [6, 6.07) is 1.18. The zero-order valence-electron chi connectivity index (χ0n) is 9.97. The Morgan fingerprint density at radius 2 is 2.39 bits per heavy atom. The minimum atomic E-state index is -2.90. The molecule has 0 saturated carbocycles. The summed E-state index contributed by atoms with van der Waals surface area (Å²) in [7, 11) is -2.90. The molecule has 1 unspecified atom stereocenters. The Morgan fingerprint density at radius 1 is 1.61 bits per heavy atom. The van der Waals surface area contributed by atoms with Crippen molar-refractivity contribution in [2.24, 2.45) is 5.92 Å². The SMILES string of the molecule is Cc1cc(NC(=O)NCC2CCS(=O)(=O)C2)on1. The van der Waals surface area contributed by atoms with Gasteiger partial charge in [0, 0.05) is 12.6 Å². The Morgan fingerprint density at radius 3 is 2.94 bits per heavy atom. The first-order valence-corrected chi connectivity index (χ1v) is 7.45. The van der Waals surface area contributed by atoms with Crippen molar-refractivity contribution in [1.29, 1.82) is 0 Å². The van der Waals surface area contributed by atoms with Gasteiger partial charge in [0.25, 0.3) is 0 Å². The number of aromatic nitrogens is 1. The number of carbonyl (C=O) groups is 1. The summed E-state index contributed by atoms with van der Waals surface area (Å²) < 4.78 is 27.3. The first-order valence-electron chi connectivity index (χ1n) is 5.63. The van der Waals surface area contributed by atoms with Gasteiger partial charge in [0.2, 0.25) is 5.88 Å². The van der Waals surface area contributed by atoms with Crippen LogP contribution in [-0.4, -0.2) is 37.7 Å². The first-order chi connectivity index (χ1) is 8.44. The molecule has 0 aliphatic carbocycles. The molecular formula is C10H15N3O4S. The Bertz CT molecular complexity index is 537. The fourth-order valence-electron chi connectivity index (χ4n) is 1.85. The fraction of sp³-hybridized carbons (Fsp3) is 0.600. The Labute approximate surface area is 105 Å². The van der Waals surface area contributed by atoms with E-state index in [-0.39, 0.29) is 23.3 Å². The number of nitrogens with zero attached hydrogens (tertiary/aromatic N) is 1. The largest absolute Gasteiger partial charge is 0.338 e. The van der Waals surface area contributed by atoms with Gasteiger partial charge >= 0.3 is 6.03 Å². The maximum atomic E-state index is 11.5. The van der Waals surface area contributed by atoms with Crippen molar-refractivity contribution in [3.05, 3.63) is 11.8 Å². The zero-order valence-corrected chi connectivity index (χ0v) is 10.8. The van der Waals surface area contributed by atoms with E-state index in [4.69, 9.17) is 4.52 Å². The number of carbonyl (C=O) groups excluding carboxylic acids is 1. The molecule has 1 atom stereocenters. The highest BCUT2D eigenvalue weighted by atomic mass is 32.2. The lowest BCUT2D eigenvalue weighted by molar-refractivity contribution is 0.249. The molecule has 2 rings (SSSR count). The summed E-state index contributed by atoms with van der Waals surface area (Å²) in [5.74, 6) is 0.623. The van der Waals surface area contributed by atoms with Gasteiger partial charge in [-0.1, -0.05) is 5.16 Å². The normalized spacial score (nSPS) is 21.7. The molecule has 0 radical (unpaired) electrons. The number of urea groups is 1. The molecule has 2 N–H and O–H groups in total. The van der Waals surface area contributed by atoms with Gasteiger partial charge in [0.05, 0.1) is 17.2 Å². The molecule has 1 fully saturated rings. The van der Waals surface area contributed by atoms with Crippen LogP contribution in [0.25, 0.3) is 0 Å². The van der Waals surface area contributed by atoms with E-state index in [9.17, 15) is 13.2 Å². The highest BCUT2D eigenvalue weighted by Gasteiger charge is 2.27. The minimum absolute atomic E-state index is 0.00258. The van der Waals surface area contributed by atoms with Crippen LogP contribution in [0.1, 0.15) is 12.1 Å². The molecule has 1 aliphatic rings. The number of hydrogen-bond acceptors (Lipinski definition) is 5. The lowest BCUT2D eigenvalue weighted by Gasteiger charge is -2.09. The second-order valence-electron chi connectivity index (χ2n) is 4.44. The van der Waals surface area contributed by atoms with E-state index in [1.165, 1.54) is 0 Å². The van der Waals surface area contributed by atoms with Crippen LogP contribution in [0.15, 0.2) is 10.6 Å². The standard InChI is InChI=1S/C10H15N3O4S/c1-7-4-9(17-13-7)12-10(14)11-5-8-2-3-18(15,16)6-8/h4,8H,2-3,5-6H2,1H3,(H2,11,12,14). The number of amides is 2. The predicted octanol–water partition coefficient (Wildman–Crippen LogP) is 0.539. The first kappa shape index (κ1) is 12.9. The highest BCUT2D eigenvalue weighted by Crippen LogP contribution is 2.17. The van der Waals surface area contributed by atoms with Gasteiger partial charge in [-0.25, -0.2) is 13.2 Å². The molecule has 1 saturated heterocycles. The van der Waals surface area contributed by atoms with Crippen molar-refractivity contribution in [1.82, 2.24) is 10.5 Å². The molecule has 18 heavy (non-hydrogen) atoms. The molecule has 1 aromatic heterocycles. The van der Waals surface area contributed by atoms with Crippen molar-refractivity contribution in [2.45, 2.75) is 13.3 Å². The van der Waals surface area contributed by atoms with Crippen LogP contribution in [0.5, 0.6) is 0 Å². The van der Waals surface area contributed by atoms with Gasteiger partial charge in [-0.15, -0.1) is 0 Å². The van der Waals surface area contributed by atoms with Crippen LogP contribution in [0.4, 0.5) is 10.7 Å². The molecule has 0 aromatic carbocycles. The maximum absolute atomic E-state index is 11.5. The summed E-state index contributed by atoms with van der Waals surface area (Å²) in [5.41, 5.74) is 0.673. The van der Waals surface area contributed by atoms with Crippen LogP contribution in [0.2, 0.25) is 0 Å². The number of rotatable bonds is 3. The van der Waals surface area contributed by atoms with Crippen LogP contribution < -0.4 is 10.6 Å². The monoisotopic (exact) mass is 273 g/mol. The second-order valence-corrected chi connectivity index (χ2v) is 6.67. The van der Waals surface area contributed by atoms with Gasteiger partial charge in [0.1, 0.15) is 0 Å². The van der Waals surface area contributed by atoms with E-state index in [2.05, 4.69) is 15.8 Å². The van der Waals surface area contributed by atoms with Crippen molar-refractivity contribution in [3.8, 4) is 0 Å². The van der Waals surface area contributed by atoms with Crippen molar-refractivity contribution in [2.75, 3.05) is 23.4 Å². The average Bonchev–Trinajstić information content (AvgIpc) is 2.82. The Hall–Kier alpha value is -1.57. The molecular weight excluding hydrogens is 258 g/mol. The predicted molar refractivity (Wildman–Crippen MR) is 65.0 cm³/mol. The van der Waals surface area contributed by atoms with E-state index in [0.717, 1.165) is 0 Å². The van der Waals surface area contributed by atoms with Gasteiger partial charge < -0.3 is 9.84 Å². The van der Waals surface area contributed by atoms with Crippen LogP contribution >= 0.6 is 0 Å². The van der Waals surface area contributed by atoms with Crippen LogP contribution in [-0.2, 0) is 9.84 Å². The van der Waals surface area contributed by atoms with Crippen LogP contribution in [0, 0.1) is 12.8 Å². The van der Waals surface area contributed by atoms with Gasteiger partial charge in [-0.2, -0.15) is 0 Å². The highest BCUT2D eigenvalue weighted by molar-refractivity contribution is 7.91. The fourth-order valence-corrected chi connectivity index (χ4v) is 3.71. The van der Waals surface area contributed by atoms with E-state index in [0.29, 0.717) is 18.7 Å². The van der Waals surface area contributed by atoms with Gasteiger partial charge in [-0.05, 0) is 19.3 Å². The van der Waals surface area contributed by atoms with Gasteiger partial charge in [-0.3, -0.25) is 5.32 Å². The summed E-state index contributed by atoms with van der Waals surface area (Å²) in [4.78, 5) is 11.5. The quantitative estimate of drug-likeness (QED) is 0.837. The molecule has 0 bridgehead atoms. The Balaban J connectivity index is 1.76. The van der Waals surface area contributed by atoms with Gasteiger partial charge in [0.15, 0.2) is 9.84 Å². The molecule has 2 heterocycles. The third kappa shape index (κ3) is 3.46. The number of nitrogens with one attached hydrogen (secondary N) is 2. The smallest absolute Gasteiger partial charge is 0.321 e. The number of sulfone groups is 1. The van der Waals surface area contributed by atoms with E-state index in [1.807, 2.05) is 0 Å². The summed E-state index contributed by atoms with van der Waals surface area (Å²) >= 11 is 0. The molecule has 1 aromatic rings. The second kappa shape index (κ2) is 4.97. The third-order valence-corrected chi connectivity index (χ3v) is 4.58. The van der Waals surface area contributed by atoms with E-state index in [1.54, 1.807) is 13.0 Å². The molecule has 8 heteroatoms. The number of anilines is 1. The zero-order chi connectivity index (χ0) is 13.2. The Kier molecular flexibility index (Phi) is 3.55. The lowest BCUT2D eigenvalue weighted by atomic mass is 10.1. The van der Waals surface area contributed by atoms with Crippen LogP contribution in [0.3, 0.4) is 0 Å². The minimum Gasteiger partial charge on any atom is -0.338 e. The lowest BCUT2D eigenvalue weighted by Crippen LogP contribution is -2.33. The van der Waals surface area contributed by atoms with E-state index >= 15 is 0 Å². The topological polar surface area (TPSA) is 101 Å².